The van der Waals surface area contributed by atoms with Crippen molar-refractivity contribution in [2.45, 2.75) is 6.92 Å². The number of nitrogens with one attached hydrogen (secondary N) is 1. The summed E-state index contributed by atoms with van der Waals surface area (Å²) in [6, 6.07) is 14.7. The summed E-state index contributed by atoms with van der Waals surface area (Å²) in [5, 5.41) is 1.17. The number of hydrogen-bond acceptors (Lipinski definition) is 2. The molecule has 0 radical (unpaired) electrons. The number of rotatable bonds is 4. The average Bonchev–Trinajstić information content (AvgIpc) is 2.41. The van der Waals surface area contributed by atoms with Gasteiger partial charge in [0.1, 0.15) is 0 Å². The molecule has 2 aromatic rings. The molecule has 3 nitrogen and oxygen atoms in total. The molecule has 0 heterocycles. The fraction of sp³-hybridized carbons (Fsp3) is 0.0667. The molecule has 0 unspecified atom stereocenters. The second kappa shape index (κ2) is 6.24. The van der Waals surface area contributed by atoms with Crippen LogP contribution in [0.25, 0.3) is 6.08 Å². The van der Waals surface area contributed by atoms with Crippen molar-refractivity contribution < 1.29 is 8.42 Å². The second-order valence-electron chi connectivity index (χ2n) is 4.32. The molecule has 0 bridgehead atoms. The maximum absolute atomic E-state index is 12.0. The minimum Gasteiger partial charge on any atom is -0.280 e. The number of halogens is 1. The summed E-state index contributed by atoms with van der Waals surface area (Å²) in [4.78, 5) is 0. The predicted octanol–water partition coefficient (Wildman–Crippen LogP) is 4.17. The van der Waals surface area contributed by atoms with Gasteiger partial charge in [0.25, 0.3) is 10.0 Å². The van der Waals surface area contributed by atoms with Crippen molar-refractivity contribution in [1.29, 1.82) is 0 Å². The highest BCUT2D eigenvalue weighted by Gasteiger charge is 2.07. The predicted molar refractivity (Wildman–Crippen MR) is 86.9 cm³/mol. The van der Waals surface area contributed by atoms with Gasteiger partial charge >= 0.3 is 0 Å². The molecule has 1 N–H and O–H groups in total. The van der Waals surface area contributed by atoms with Crippen molar-refractivity contribution in [1.82, 2.24) is 0 Å². The van der Waals surface area contributed by atoms with E-state index in [1.54, 1.807) is 18.2 Å². The lowest BCUT2D eigenvalue weighted by Crippen LogP contribution is -2.09. The van der Waals surface area contributed by atoms with Gasteiger partial charge < -0.3 is 0 Å². The molecule has 104 valence electrons. The van der Waals surface area contributed by atoms with Crippen LogP contribution < -0.4 is 4.72 Å². The molecule has 0 saturated heterocycles. The highest BCUT2D eigenvalue weighted by molar-refractivity contribution is 9.10. The van der Waals surface area contributed by atoms with Crippen LogP contribution in [0.3, 0.4) is 0 Å². The third kappa shape index (κ3) is 4.21. The minimum atomic E-state index is -3.51. The molecule has 0 saturated carbocycles. The normalized spacial score (nSPS) is 11.7. The first-order valence-corrected chi connectivity index (χ1v) is 8.32. The van der Waals surface area contributed by atoms with Crippen molar-refractivity contribution in [2.24, 2.45) is 0 Å². The maximum Gasteiger partial charge on any atom is 0.255 e. The van der Waals surface area contributed by atoms with Gasteiger partial charge in [-0.05, 0) is 42.3 Å². The Morgan fingerprint density at radius 2 is 1.80 bits per heavy atom. The Morgan fingerprint density at radius 1 is 1.10 bits per heavy atom. The molecule has 2 rings (SSSR count). The first-order valence-electron chi connectivity index (χ1n) is 5.98. The average molecular weight is 352 g/mol. The summed E-state index contributed by atoms with van der Waals surface area (Å²) in [5.41, 5.74) is 2.27. The quantitative estimate of drug-likeness (QED) is 0.898. The Hall–Kier alpha value is -1.59. The van der Waals surface area contributed by atoms with Crippen LogP contribution in [0.2, 0.25) is 0 Å². The number of anilines is 1. The molecule has 0 spiro atoms. The molecule has 0 aliphatic heterocycles. The summed E-state index contributed by atoms with van der Waals surface area (Å²) in [6.07, 6.45) is 1.57. The van der Waals surface area contributed by atoms with Crippen molar-refractivity contribution >= 4 is 37.7 Å². The van der Waals surface area contributed by atoms with Crippen LogP contribution in [0.4, 0.5) is 5.69 Å². The van der Waals surface area contributed by atoms with E-state index in [4.69, 9.17) is 0 Å². The zero-order valence-electron chi connectivity index (χ0n) is 10.9. The van der Waals surface area contributed by atoms with Crippen LogP contribution in [0.5, 0.6) is 0 Å². The van der Waals surface area contributed by atoms with Gasteiger partial charge in [-0.1, -0.05) is 46.3 Å². The summed E-state index contributed by atoms with van der Waals surface area (Å²) >= 11 is 3.35. The zero-order valence-corrected chi connectivity index (χ0v) is 13.3. The van der Waals surface area contributed by atoms with Gasteiger partial charge in [-0.15, -0.1) is 0 Å². The van der Waals surface area contributed by atoms with E-state index in [1.807, 2.05) is 43.3 Å². The largest absolute Gasteiger partial charge is 0.280 e. The van der Waals surface area contributed by atoms with Gasteiger partial charge in [0.15, 0.2) is 0 Å². The smallest absolute Gasteiger partial charge is 0.255 e. The van der Waals surface area contributed by atoms with Crippen molar-refractivity contribution in [3.63, 3.8) is 0 Å². The number of benzene rings is 2. The fourth-order valence-corrected chi connectivity index (χ4v) is 3.08. The van der Waals surface area contributed by atoms with Gasteiger partial charge in [-0.3, -0.25) is 4.72 Å². The van der Waals surface area contributed by atoms with Crippen LogP contribution in [0.1, 0.15) is 11.1 Å². The van der Waals surface area contributed by atoms with Crippen LogP contribution in [-0.2, 0) is 10.0 Å². The van der Waals surface area contributed by atoms with Crippen LogP contribution in [0, 0.1) is 6.92 Å². The molecule has 0 fully saturated rings. The van der Waals surface area contributed by atoms with Gasteiger partial charge in [-0.25, -0.2) is 8.42 Å². The highest BCUT2D eigenvalue weighted by atomic mass is 79.9. The molecule has 5 heteroatoms. The summed E-state index contributed by atoms with van der Waals surface area (Å²) in [6.45, 7) is 1.85. The van der Waals surface area contributed by atoms with E-state index >= 15 is 0 Å². The lowest BCUT2D eigenvalue weighted by Gasteiger charge is -2.08. The first kappa shape index (κ1) is 14.8. The molecule has 0 aliphatic carbocycles. The Kier molecular flexibility index (Phi) is 4.62. The van der Waals surface area contributed by atoms with Crippen molar-refractivity contribution in [3.05, 3.63) is 69.5 Å². The van der Waals surface area contributed by atoms with Gasteiger partial charge in [0, 0.05) is 4.47 Å². The first-order chi connectivity index (χ1) is 9.46. The Labute approximate surface area is 127 Å². The van der Waals surface area contributed by atoms with E-state index in [1.165, 1.54) is 5.41 Å². The maximum atomic E-state index is 12.0. The molecular formula is C15H14BrNO2S. The topological polar surface area (TPSA) is 46.2 Å². The third-order valence-electron chi connectivity index (χ3n) is 2.68. The second-order valence-corrected chi connectivity index (χ2v) is 6.80. The number of sulfonamides is 1. The van der Waals surface area contributed by atoms with Crippen molar-refractivity contribution in [3.8, 4) is 0 Å². The number of hydrogen-bond donors (Lipinski definition) is 1. The highest BCUT2D eigenvalue weighted by Crippen LogP contribution is 2.21. The Morgan fingerprint density at radius 3 is 2.45 bits per heavy atom. The molecular weight excluding hydrogens is 338 g/mol. The van der Waals surface area contributed by atoms with E-state index in [2.05, 4.69) is 20.7 Å². The van der Waals surface area contributed by atoms with Gasteiger partial charge in [-0.2, -0.15) is 0 Å². The Bertz CT molecular complexity index is 725. The van der Waals surface area contributed by atoms with E-state index < -0.39 is 10.0 Å². The zero-order chi connectivity index (χ0) is 14.6. The van der Waals surface area contributed by atoms with Crippen LogP contribution in [0.15, 0.2) is 58.4 Å². The Balaban J connectivity index is 2.17. The monoisotopic (exact) mass is 351 g/mol. The summed E-state index contributed by atoms with van der Waals surface area (Å²) in [5.74, 6) is 0. The van der Waals surface area contributed by atoms with E-state index in [0.717, 1.165) is 15.6 Å². The molecule has 0 aliphatic rings. The molecule has 0 aromatic heterocycles. The molecule has 0 amide bonds. The number of aryl methyl sites for hydroxylation is 1. The molecule has 2 aromatic carbocycles. The van der Waals surface area contributed by atoms with E-state index in [0.29, 0.717) is 5.69 Å². The molecule has 0 atom stereocenters. The lowest BCUT2D eigenvalue weighted by molar-refractivity contribution is 0.609. The minimum absolute atomic E-state index is 0.575. The van der Waals surface area contributed by atoms with Gasteiger partial charge in [0.05, 0.1) is 11.1 Å². The third-order valence-corrected chi connectivity index (χ3v) is 4.17. The van der Waals surface area contributed by atoms with Crippen LogP contribution >= 0.6 is 15.9 Å². The van der Waals surface area contributed by atoms with E-state index in [9.17, 15) is 8.42 Å². The standard InChI is InChI=1S/C15H14BrNO2S/c1-12-11-14(16)7-8-15(12)17-20(18,19)10-9-13-5-3-2-4-6-13/h2-11,17H,1H3/b10-9+. The van der Waals surface area contributed by atoms with E-state index in [-0.39, 0.29) is 0 Å². The molecule has 20 heavy (non-hydrogen) atoms. The van der Waals surface area contributed by atoms with Gasteiger partial charge in [0.2, 0.25) is 0 Å². The fourth-order valence-electron chi connectivity index (χ4n) is 1.66. The summed E-state index contributed by atoms with van der Waals surface area (Å²) in [7, 11) is -3.51. The SMILES string of the molecule is Cc1cc(Br)ccc1NS(=O)(=O)/C=C/c1ccccc1. The lowest BCUT2D eigenvalue weighted by atomic mass is 10.2. The van der Waals surface area contributed by atoms with Crippen LogP contribution in [-0.4, -0.2) is 8.42 Å². The van der Waals surface area contributed by atoms with Crippen molar-refractivity contribution in [2.75, 3.05) is 4.72 Å². The summed E-state index contributed by atoms with van der Waals surface area (Å²) < 4.78 is 27.5.